The van der Waals surface area contributed by atoms with Crippen molar-refractivity contribution in [2.75, 3.05) is 14.2 Å². The van der Waals surface area contributed by atoms with Crippen LogP contribution in [0.25, 0.3) is 6.08 Å². The number of para-hydroxylation sites is 1. The summed E-state index contributed by atoms with van der Waals surface area (Å²) in [6, 6.07) is 10.9. The highest BCUT2D eigenvalue weighted by Crippen LogP contribution is 2.41. The third kappa shape index (κ3) is 2.51. The highest BCUT2D eigenvalue weighted by Gasteiger charge is 2.27. The van der Waals surface area contributed by atoms with Crippen molar-refractivity contribution in [2.24, 2.45) is 0 Å². The van der Waals surface area contributed by atoms with E-state index in [2.05, 4.69) is 0 Å². The summed E-state index contributed by atoms with van der Waals surface area (Å²) in [6.07, 6.45) is 0.946. The molecular formula is C17H15ClO4. The number of rotatable bonds is 3. The van der Waals surface area contributed by atoms with Gasteiger partial charge in [-0.2, -0.15) is 0 Å². The lowest BCUT2D eigenvalue weighted by Gasteiger charge is -2.11. The van der Waals surface area contributed by atoms with E-state index in [1.165, 1.54) is 7.11 Å². The predicted molar refractivity (Wildman–Crippen MR) is 84.6 cm³/mol. The Kier molecular flexibility index (Phi) is 3.96. The van der Waals surface area contributed by atoms with Crippen molar-refractivity contribution in [1.29, 1.82) is 0 Å². The molecule has 0 radical (unpaired) electrons. The molecule has 0 saturated carbocycles. The molecule has 1 atom stereocenters. The molecule has 0 bridgehead atoms. The average molecular weight is 319 g/mol. The Morgan fingerprint density at radius 3 is 2.64 bits per heavy atom. The van der Waals surface area contributed by atoms with Crippen molar-refractivity contribution >= 4 is 17.7 Å². The highest BCUT2D eigenvalue weighted by atomic mass is 35.5. The van der Waals surface area contributed by atoms with Gasteiger partial charge in [0.25, 0.3) is 0 Å². The van der Waals surface area contributed by atoms with E-state index in [-0.39, 0.29) is 0 Å². The molecule has 0 aliphatic carbocycles. The molecule has 1 aliphatic rings. The Balaban J connectivity index is 1.99. The Labute approximate surface area is 133 Å². The molecule has 1 N–H and O–H groups in total. The number of methoxy groups -OCH3 is 2. The van der Waals surface area contributed by atoms with Crippen molar-refractivity contribution in [3.63, 3.8) is 0 Å². The first-order chi connectivity index (χ1) is 10.6. The Morgan fingerprint density at radius 1 is 1.18 bits per heavy atom. The van der Waals surface area contributed by atoms with Gasteiger partial charge in [0.1, 0.15) is 17.6 Å². The van der Waals surface area contributed by atoms with Gasteiger partial charge < -0.3 is 19.3 Å². The monoisotopic (exact) mass is 318 g/mol. The van der Waals surface area contributed by atoms with Gasteiger partial charge in [-0.15, -0.1) is 0 Å². The van der Waals surface area contributed by atoms with Crippen LogP contribution in [0.1, 0.15) is 17.2 Å². The number of halogens is 1. The van der Waals surface area contributed by atoms with Crippen LogP contribution in [0.5, 0.6) is 17.2 Å². The van der Waals surface area contributed by atoms with Crippen molar-refractivity contribution in [3.8, 4) is 17.2 Å². The highest BCUT2D eigenvalue weighted by molar-refractivity contribution is 6.32. The summed E-state index contributed by atoms with van der Waals surface area (Å²) in [5, 5.41) is 10.7. The molecule has 0 amide bonds. The maximum atomic E-state index is 10.3. The maximum absolute atomic E-state index is 10.3. The third-order valence-corrected chi connectivity index (χ3v) is 3.76. The summed E-state index contributed by atoms with van der Waals surface area (Å²) in [6.45, 7) is 0. The van der Waals surface area contributed by atoms with Gasteiger partial charge in [-0.25, -0.2) is 0 Å². The molecule has 0 unspecified atom stereocenters. The van der Waals surface area contributed by atoms with Gasteiger partial charge in [-0.3, -0.25) is 0 Å². The SMILES string of the molecule is COc1cc(/C=C2\Oc3ccccc3[C@H]2O)cc(Cl)c1OC. The molecule has 2 aromatic rings. The molecule has 1 heterocycles. The standard InChI is InChI=1S/C17H15ClO4/c1-20-15-9-10(7-12(18)17(15)21-2)8-14-16(19)11-5-3-4-6-13(11)22-14/h3-9,16,19H,1-2H3/b14-8-/t16-/m1/s1. The molecule has 0 spiro atoms. The van der Waals surface area contributed by atoms with Crippen LogP contribution in [0.4, 0.5) is 0 Å². The summed E-state index contributed by atoms with van der Waals surface area (Å²) in [5.41, 5.74) is 1.50. The second-order valence-electron chi connectivity index (χ2n) is 4.83. The number of benzene rings is 2. The normalized spacial score (nSPS) is 18.0. The lowest BCUT2D eigenvalue weighted by molar-refractivity contribution is 0.193. The molecular weight excluding hydrogens is 304 g/mol. The smallest absolute Gasteiger partial charge is 0.179 e. The van der Waals surface area contributed by atoms with E-state index >= 15 is 0 Å². The second-order valence-corrected chi connectivity index (χ2v) is 5.23. The van der Waals surface area contributed by atoms with Crippen LogP contribution in [0.15, 0.2) is 42.2 Å². The Hall–Kier alpha value is -2.17. The van der Waals surface area contributed by atoms with Crippen molar-refractivity contribution in [3.05, 3.63) is 58.3 Å². The minimum atomic E-state index is -0.789. The first-order valence-corrected chi connectivity index (χ1v) is 7.09. The number of hydrogen-bond acceptors (Lipinski definition) is 4. The molecule has 4 nitrogen and oxygen atoms in total. The maximum Gasteiger partial charge on any atom is 0.179 e. The Bertz CT molecular complexity index is 739. The molecule has 22 heavy (non-hydrogen) atoms. The predicted octanol–water partition coefficient (Wildman–Crippen LogP) is 3.82. The zero-order valence-electron chi connectivity index (χ0n) is 12.2. The quantitative estimate of drug-likeness (QED) is 0.934. The molecule has 5 heteroatoms. The van der Waals surface area contributed by atoms with E-state index in [0.29, 0.717) is 28.0 Å². The summed E-state index contributed by atoms with van der Waals surface area (Å²) in [7, 11) is 3.07. The number of aliphatic hydroxyl groups is 1. The fourth-order valence-electron chi connectivity index (χ4n) is 2.43. The number of aliphatic hydroxyl groups excluding tert-OH is 1. The van der Waals surface area contributed by atoms with E-state index in [1.54, 1.807) is 25.3 Å². The van der Waals surface area contributed by atoms with Crippen LogP contribution >= 0.6 is 11.6 Å². The molecule has 1 aliphatic heterocycles. The molecule has 2 aromatic carbocycles. The van der Waals surface area contributed by atoms with E-state index in [1.807, 2.05) is 24.3 Å². The summed E-state index contributed by atoms with van der Waals surface area (Å²) >= 11 is 6.19. The van der Waals surface area contributed by atoms with Crippen LogP contribution in [-0.2, 0) is 0 Å². The fourth-order valence-corrected chi connectivity index (χ4v) is 2.73. The molecule has 114 valence electrons. The third-order valence-electron chi connectivity index (χ3n) is 3.48. The van der Waals surface area contributed by atoms with Crippen molar-refractivity contribution in [1.82, 2.24) is 0 Å². The zero-order valence-corrected chi connectivity index (χ0v) is 12.9. The molecule has 0 saturated heterocycles. The Morgan fingerprint density at radius 2 is 1.95 bits per heavy atom. The topological polar surface area (TPSA) is 47.9 Å². The van der Waals surface area contributed by atoms with Gasteiger partial charge in [0.15, 0.2) is 11.5 Å². The summed E-state index contributed by atoms with van der Waals surface area (Å²) in [4.78, 5) is 0. The first kappa shape index (κ1) is 14.8. The minimum Gasteiger partial charge on any atom is -0.493 e. The number of ether oxygens (including phenoxy) is 3. The van der Waals surface area contributed by atoms with Gasteiger partial charge in [0.2, 0.25) is 0 Å². The van der Waals surface area contributed by atoms with E-state index < -0.39 is 6.10 Å². The van der Waals surface area contributed by atoms with Gasteiger partial charge in [-0.1, -0.05) is 29.8 Å². The largest absolute Gasteiger partial charge is 0.493 e. The van der Waals surface area contributed by atoms with Gasteiger partial charge in [0.05, 0.1) is 19.2 Å². The first-order valence-electron chi connectivity index (χ1n) is 6.72. The van der Waals surface area contributed by atoms with Gasteiger partial charge >= 0.3 is 0 Å². The minimum absolute atomic E-state index is 0.429. The van der Waals surface area contributed by atoms with E-state index in [4.69, 9.17) is 25.8 Å². The zero-order chi connectivity index (χ0) is 15.7. The second kappa shape index (κ2) is 5.91. The fraction of sp³-hybridized carbons (Fsp3) is 0.176. The van der Waals surface area contributed by atoms with Gasteiger partial charge in [-0.05, 0) is 29.8 Å². The number of hydrogen-bond donors (Lipinski definition) is 1. The average Bonchev–Trinajstić information content (AvgIpc) is 2.83. The molecule has 0 fully saturated rings. The van der Waals surface area contributed by atoms with Crippen molar-refractivity contribution < 1.29 is 19.3 Å². The van der Waals surface area contributed by atoms with Crippen LogP contribution in [-0.4, -0.2) is 19.3 Å². The lowest BCUT2D eigenvalue weighted by atomic mass is 10.1. The molecule has 0 aromatic heterocycles. The van der Waals surface area contributed by atoms with E-state index in [9.17, 15) is 5.11 Å². The van der Waals surface area contributed by atoms with Crippen molar-refractivity contribution in [2.45, 2.75) is 6.10 Å². The number of fused-ring (bicyclic) bond motifs is 1. The van der Waals surface area contributed by atoms with Crippen LogP contribution in [0.2, 0.25) is 5.02 Å². The summed E-state index contributed by atoms with van der Waals surface area (Å²) in [5.74, 6) is 2.10. The van der Waals surface area contributed by atoms with Crippen LogP contribution < -0.4 is 14.2 Å². The van der Waals surface area contributed by atoms with Crippen LogP contribution in [0.3, 0.4) is 0 Å². The lowest BCUT2D eigenvalue weighted by Crippen LogP contribution is -1.97. The van der Waals surface area contributed by atoms with Crippen LogP contribution in [0, 0.1) is 0 Å². The van der Waals surface area contributed by atoms with Gasteiger partial charge in [0, 0.05) is 5.56 Å². The molecule has 3 rings (SSSR count). The summed E-state index contributed by atoms with van der Waals surface area (Å²) < 4.78 is 16.2. The van der Waals surface area contributed by atoms with E-state index in [0.717, 1.165) is 11.1 Å².